The van der Waals surface area contributed by atoms with Crippen molar-refractivity contribution in [3.63, 3.8) is 0 Å². The summed E-state index contributed by atoms with van der Waals surface area (Å²) in [5.41, 5.74) is 1.21. The van der Waals surface area contributed by atoms with Gasteiger partial charge in [0.15, 0.2) is 0 Å². The smallest absolute Gasteiger partial charge is 0.302 e. The molecule has 0 atom stereocenters. The van der Waals surface area contributed by atoms with Crippen molar-refractivity contribution in [3.05, 3.63) is 18.1 Å². The molecule has 1 aliphatic heterocycles. The summed E-state index contributed by atoms with van der Waals surface area (Å²) in [6, 6.07) is 2.11. The van der Waals surface area contributed by atoms with Gasteiger partial charge >= 0.3 is 5.97 Å². The van der Waals surface area contributed by atoms with Crippen LogP contribution in [0.4, 0.5) is 5.82 Å². The maximum atomic E-state index is 9.82. The first-order valence-electron chi connectivity index (χ1n) is 9.18. The second-order valence-electron chi connectivity index (χ2n) is 6.60. The van der Waals surface area contributed by atoms with Gasteiger partial charge in [0.2, 0.25) is 0 Å². The van der Waals surface area contributed by atoms with Crippen LogP contribution in [0.5, 0.6) is 0 Å². The average Bonchev–Trinajstić information content (AvgIpc) is 3.43. The summed E-state index contributed by atoms with van der Waals surface area (Å²) in [6.45, 7) is 10.4. The summed E-state index contributed by atoms with van der Waals surface area (Å²) >= 11 is 0. The topological polar surface area (TPSA) is 70.6 Å². The van der Waals surface area contributed by atoms with Crippen LogP contribution in [-0.4, -0.2) is 78.7 Å². The van der Waals surface area contributed by atoms with Crippen molar-refractivity contribution < 1.29 is 9.53 Å². The number of piperazine rings is 1. The Morgan fingerprint density at radius 2 is 2.00 bits per heavy atom. The second-order valence-corrected chi connectivity index (χ2v) is 6.60. The van der Waals surface area contributed by atoms with E-state index in [0.717, 1.165) is 18.9 Å². The van der Waals surface area contributed by atoms with Gasteiger partial charge in [-0.15, -0.1) is 0 Å². The van der Waals surface area contributed by atoms with Crippen molar-refractivity contribution in [1.82, 2.24) is 19.8 Å². The molecule has 1 N–H and O–H groups in total. The van der Waals surface area contributed by atoms with Crippen LogP contribution in [0.15, 0.2) is 12.4 Å². The molecule has 2 aliphatic rings. The molecule has 1 aliphatic carbocycles. The van der Waals surface area contributed by atoms with Crippen LogP contribution in [-0.2, 0) is 9.53 Å². The fourth-order valence-corrected chi connectivity index (χ4v) is 2.69. The molecule has 7 heteroatoms. The number of aromatic nitrogens is 2. The van der Waals surface area contributed by atoms with Gasteiger partial charge in [-0.3, -0.25) is 9.69 Å². The molecule has 0 radical (unpaired) electrons. The number of carbonyl (C=O) groups excluding carboxylic acids is 1. The Labute approximate surface area is 150 Å². The van der Waals surface area contributed by atoms with Gasteiger partial charge in [0, 0.05) is 63.9 Å². The van der Waals surface area contributed by atoms with Crippen LogP contribution in [0.2, 0.25) is 0 Å². The summed E-state index contributed by atoms with van der Waals surface area (Å²) in [6.07, 6.45) is 4.27. The van der Waals surface area contributed by atoms with E-state index >= 15 is 0 Å². The fourth-order valence-electron chi connectivity index (χ4n) is 2.69. The Bertz CT molecular complexity index is 528. The lowest BCUT2D eigenvalue weighted by atomic mass is 10.3. The van der Waals surface area contributed by atoms with E-state index in [1.807, 2.05) is 0 Å². The van der Waals surface area contributed by atoms with E-state index in [9.17, 15) is 4.79 Å². The van der Waals surface area contributed by atoms with Gasteiger partial charge in [0.25, 0.3) is 0 Å². The summed E-state index contributed by atoms with van der Waals surface area (Å²) in [5.74, 6) is 1.46. The molecule has 140 valence electrons. The molecule has 1 saturated carbocycles. The standard InChI is InChI=1S/C14H23N5.C4H8O2/c1-18-6-8-19(9-7-18)5-4-15-14-10-13(12-2-3-12)16-11-17-14;1-3-6-4(2)5/h10-12H,2-9H2,1H3,(H,15,16,17);3H2,1-2H3. The first-order chi connectivity index (χ1) is 12.1. The number of carbonyl (C=O) groups is 1. The minimum absolute atomic E-state index is 0.211. The predicted molar refractivity (Wildman–Crippen MR) is 98.7 cm³/mol. The Hall–Kier alpha value is -1.73. The van der Waals surface area contributed by atoms with E-state index in [1.165, 1.54) is 51.6 Å². The normalized spacial score (nSPS) is 18.2. The van der Waals surface area contributed by atoms with Gasteiger partial charge < -0.3 is 15.0 Å². The lowest BCUT2D eigenvalue weighted by molar-refractivity contribution is -0.140. The zero-order valence-electron chi connectivity index (χ0n) is 15.7. The molecule has 1 aromatic rings. The van der Waals surface area contributed by atoms with E-state index in [4.69, 9.17) is 0 Å². The van der Waals surface area contributed by atoms with Crippen LogP contribution < -0.4 is 5.32 Å². The summed E-state index contributed by atoms with van der Waals surface area (Å²) in [5, 5.41) is 3.42. The predicted octanol–water partition coefficient (Wildman–Crippen LogP) is 1.58. The maximum absolute atomic E-state index is 9.82. The zero-order valence-corrected chi connectivity index (χ0v) is 15.7. The molecule has 7 nitrogen and oxygen atoms in total. The van der Waals surface area contributed by atoms with Crippen LogP contribution in [0, 0.1) is 0 Å². The Balaban J connectivity index is 0.000000326. The summed E-state index contributed by atoms with van der Waals surface area (Å²) < 4.78 is 4.40. The minimum atomic E-state index is -0.211. The number of likely N-dealkylation sites (N-methyl/N-ethyl adjacent to an activating group) is 1. The van der Waals surface area contributed by atoms with Crippen molar-refractivity contribution >= 4 is 11.8 Å². The minimum Gasteiger partial charge on any atom is -0.466 e. The second kappa shape index (κ2) is 10.3. The molecule has 0 amide bonds. The van der Waals surface area contributed by atoms with Crippen molar-refractivity contribution in [2.45, 2.75) is 32.6 Å². The lowest BCUT2D eigenvalue weighted by Crippen LogP contribution is -2.45. The van der Waals surface area contributed by atoms with Gasteiger partial charge in [0.05, 0.1) is 6.61 Å². The van der Waals surface area contributed by atoms with Gasteiger partial charge in [-0.2, -0.15) is 0 Å². The largest absolute Gasteiger partial charge is 0.466 e. The number of anilines is 1. The highest BCUT2D eigenvalue weighted by Gasteiger charge is 2.25. The first-order valence-corrected chi connectivity index (χ1v) is 9.18. The van der Waals surface area contributed by atoms with Crippen molar-refractivity contribution in [2.75, 3.05) is 58.2 Å². The third-order valence-corrected chi connectivity index (χ3v) is 4.36. The molecule has 1 aromatic heterocycles. The van der Waals surface area contributed by atoms with E-state index in [-0.39, 0.29) is 5.97 Å². The fraction of sp³-hybridized carbons (Fsp3) is 0.722. The number of ether oxygens (including phenoxy) is 1. The molecular formula is C18H31N5O2. The van der Waals surface area contributed by atoms with E-state index < -0.39 is 0 Å². The van der Waals surface area contributed by atoms with Crippen LogP contribution >= 0.6 is 0 Å². The number of esters is 1. The lowest BCUT2D eigenvalue weighted by Gasteiger charge is -2.32. The number of nitrogens with zero attached hydrogens (tertiary/aromatic N) is 4. The van der Waals surface area contributed by atoms with Crippen molar-refractivity contribution in [3.8, 4) is 0 Å². The molecule has 0 bridgehead atoms. The molecule has 0 unspecified atom stereocenters. The number of hydrogen-bond acceptors (Lipinski definition) is 7. The number of rotatable bonds is 6. The Morgan fingerprint density at radius 3 is 2.56 bits per heavy atom. The molecule has 3 rings (SSSR count). The first kappa shape index (κ1) is 19.6. The molecule has 0 aromatic carbocycles. The van der Waals surface area contributed by atoms with E-state index in [2.05, 4.69) is 42.9 Å². The third-order valence-electron chi connectivity index (χ3n) is 4.36. The molecule has 0 spiro atoms. The van der Waals surface area contributed by atoms with Crippen LogP contribution in [0.3, 0.4) is 0 Å². The van der Waals surface area contributed by atoms with Gasteiger partial charge in [-0.05, 0) is 26.8 Å². The van der Waals surface area contributed by atoms with E-state index in [1.54, 1.807) is 13.3 Å². The highest BCUT2D eigenvalue weighted by atomic mass is 16.5. The zero-order chi connectivity index (χ0) is 18.1. The van der Waals surface area contributed by atoms with Gasteiger partial charge in [-0.1, -0.05) is 0 Å². The number of nitrogens with one attached hydrogen (secondary N) is 1. The van der Waals surface area contributed by atoms with Crippen molar-refractivity contribution in [1.29, 1.82) is 0 Å². The van der Waals surface area contributed by atoms with Crippen LogP contribution in [0.1, 0.15) is 38.3 Å². The van der Waals surface area contributed by atoms with Crippen LogP contribution in [0.25, 0.3) is 0 Å². The third kappa shape index (κ3) is 7.79. The summed E-state index contributed by atoms with van der Waals surface area (Å²) in [4.78, 5) is 23.4. The highest BCUT2D eigenvalue weighted by Crippen LogP contribution is 2.39. The molecule has 2 fully saturated rings. The van der Waals surface area contributed by atoms with E-state index in [0.29, 0.717) is 12.5 Å². The summed E-state index contributed by atoms with van der Waals surface area (Å²) in [7, 11) is 2.19. The maximum Gasteiger partial charge on any atom is 0.302 e. The van der Waals surface area contributed by atoms with Crippen molar-refractivity contribution in [2.24, 2.45) is 0 Å². The molecule has 2 heterocycles. The monoisotopic (exact) mass is 349 g/mol. The molecule has 1 saturated heterocycles. The average molecular weight is 349 g/mol. The molecular weight excluding hydrogens is 318 g/mol. The number of hydrogen-bond donors (Lipinski definition) is 1. The van der Waals surface area contributed by atoms with Gasteiger partial charge in [-0.25, -0.2) is 9.97 Å². The quantitative estimate of drug-likeness (QED) is 0.782. The van der Waals surface area contributed by atoms with Gasteiger partial charge in [0.1, 0.15) is 12.1 Å². The molecule has 25 heavy (non-hydrogen) atoms. The SMILES string of the molecule is CCOC(C)=O.CN1CCN(CCNc2cc(C3CC3)ncn2)CC1. The Morgan fingerprint density at radius 1 is 1.28 bits per heavy atom. The highest BCUT2D eigenvalue weighted by molar-refractivity contribution is 5.65. The Kier molecular flexibility index (Phi) is 8.08.